The summed E-state index contributed by atoms with van der Waals surface area (Å²) in [6.07, 6.45) is 4.48. The fourth-order valence-electron chi connectivity index (χ4n) is 3.58. The number of aromatic nitrogens is 3. The quantitative estimate of drug-likeness (QED) is 0.729. The van der Waals surface area contributed by atoms with Crippen LogP contribution in [0.3, 0.4) is 0 Å². The molecule has 1 aliphatic heterocycles. The molecule has 3 aromatic rings. The van der Waals surface area contributed by atoms with Crippen molar-refractivity contribution in [1.29, 1.82) is 0 Å². The average molecular weight is 375 g/mol. The fourth-order valence-corrected chi connectivity index (χ4v) is 3.58. The molecule has 28 heavy (non-hydrogen) atoms. The first kappa shape index (κ1) is 18.4. The van der Waals surface area contributed by atoms with Crippen molar-refractivity contribution in [2.45, 2.75) is 45.2 Å². The Bertz CT molecular complexity index is 977. The molecule has 6 nitrogen and oxygen atoms in total. The van der Waals surface area contributed by atoms with E-state index < -0.39 is 6.04 Å². The number of benzene rings is 2. The Morgan fingerprint density at radius 2 is 1.93 bits per heavy atom. The molecule has 0 aliphatic carbocycles. The van der Waals surface area contributed by atoms with E-state index in [2.05, 4.69) is 20.1 Å². The van der Waals surface area contributed by atoms with E-state index in [0.29, 0.717) is 5.69 Å². The summed E-state index contributed by atoms with van der Waals surface area (Å²) >= 11 is 0. The Morgan fingerprint density at radius 3 is 2.75 bits per heavy atom. The number of hydrogen-bond donors (Lipinski definition) is 2. The average Bonchev–Trinajstić information content (AvgIpc) is 2.96. The highest BCUT2D eigenvalue weighted by atomic mass is 16.2. The molecule has 2 aromatic carbocycles. The summed E-state index contributed by atoms with van der Waals surface area (Å²) in [5.41, 5.74) is 9.72. The van der Waals surface area contributed by atoms with Gasteiger partial charge in [-0.15, -0.1) is 10.2 Å². The minimum absolute atomic E-state index is 0.235. The molecule has 0 radical (unpaired) electrons. The van der Waals surface area contributed by atoms with Crippen molar-refractivity contribution >= 4 is 11.6 Å². The molecule has 1 amide bonds. The van der Waals surface area contributed by atoms with Gasteiger partial charge in [-0.1, -0.05) is 48.4 Å². The van der Waals surface area contributed by atoms with Crippen LogP contribution >= 0.6 is 0 Å². The van der Waals surface area contributed by atoms with Crippen molar-refractivity contribution < 1.29 is 4.79 Å². The molecule has 1 atom stereocenters. The number of hydrogen-bond acceptors (Lipinski definition) is 4. The number of anilines is 1. The van der Waals surface area contributed by atoms with Gasteiger partial charge in [-0.3, -0.25) is 4.79 Å². The SMILES string of the molecule is Cc1ccc(C(N)C(=O)Nc2cccc(-c3nnc4n3CCCCC4)c2)cc1. The lowest BCUT2D eigenvalue weighted by Crippen LogP contribution is -2.27. The van der Waals surface area contributed by atoms with E-state index in [-0.39, 0.29) is 5.91 Å². The lowest BCUT2D eigenvalue weighted by atomic mass is 10.1. The zero-order chi connectivity index (χ0) is 19.5. The van der Waals surface area contributed by atoms with Crippen LogP contribution in [0.5, 0.6) is 0 Å². The first-order chi connectivity index (χ1) is 13.6. The number of carbonyl (C=O) groups excluding carboxylic acids is 1. The van der Waals surface area contributed by atoms with Crippen molar-refractivity contribution in [2.75, 3.05) is 5.32 Å². The van der Waals surface area contributed by atoms with Crippen LogP contribution in [0.1, 0.15) is 42.3 Å². The molecule has 1 aromatic heterocycles. The maximum absolute atomic E-state index is 12.6. The Morgan fingerprint density at radius 1 is 1.11 bits per heavy atom. The lowest BCUT2D eigenvalue weighted by molar-refractivity contribution is -0.117. The van der Waals surface area contributed by atoms with Gasteiger partial charge >= 0.3 is 0 Å². The molecule has 0 saturated heterocycles. The second kappa shape index (κ2) is 7.94. The van der Waals surface area contributed by atoms with Crippen molar-refractivity contribution in [2.24, 2.45) is 5.73 Å². The molecule has 0 fully saturated rings. The summed E-state index contributed by atoms with van der Waals surface area (Å²) in [4.78, 5) is 12.6. The van der Waals surface area contributed by atoms with E-state index in [1.807, 2.05) is 55.5 Å². The third-order valence-electron chi connectivity index (χ3n) is 5.22. The van der Waals surface area contributed by atoms with Gasteiger partial charge in [0.1, 0.15) is 11.9 Å². The van der Waals surface area contributed by atoms with Gasteiger partial charge in [0.15, 0.2) is 5.82 Å². The monoisotopic (exact) mass is 375 g/mol. The molecule has 1 unspecified atom stereocenters. The maximum Gasteiger partial charge on any atom is 0.245 e. The topological polar surface area (TPSA) is 85.8 Å². The molecule has 0 bridgehead atoms. The van der Waals surface area contributed by atoms with E-state index >= 15 is 0 Å². The Hall–Kier alpha value is -2.99. The molecule has 0 saturated carbocycles. The van der Waals surface area contributed by atoms with Crippen LogP contribution in [0, 0.1) is 6.92 Å². The summed E-state index contributed by atoms with van der Waals surface area (Å²) in [6.45, 7) is 2.94. The summed E-state index contributed by atoms with van der Waals surface area (Å²) < 4.78 is 2.20. The third kappa shape index (κ3) is 3.82. The Labute approximate surface area is 164 Å². The van der Waals surface area contributed by atoms with E-state index in [1.54, 1.807) is 0 Å². The zero-order valence-corrected chi connectivity index (χ0v) is 16.1. The van der Waals surface area contributed by atoms with Crippen LogP contribution in [-0.2, 0) is 17.8 Å². The van der Waals surface area contributed by atoms with E-state index in [9.17, 15) is 4.79 Å². The van der Waals surface area contributed by atoms with Gasteiger partial charge in [0.2, 0.25) is 5.91 Å². The number of carbonyl (C=O) groups is 1. The second-order valence-electron chi connectivity index (χ2n) is 7.36. The number of rotatable bonds is 4. The van der Waals surface area contributed by atoms with Crippen LogP contribution in [0.25, 0.3) is 11.4 Å². The minimum atomic E-state index is -0.714. The third-order valence-corrected chi connectivity index (χ3v) is 5.22. The zero-order valence-electron chi connectivity index (χ0n) is 16.1. The van der Waals surface area contributed by atoms with E-state index in [4.69, 9.17) is 5.73 Å². The molecule has 0 spiro atoms. The summed E-state index contributed by atoms with van der Waals surface area (Å²) in [5.74, 6) is 1.67. The van der Waals surface area contributed by atoms with Crippen LogP contribution in [0.4, 0.5) is 5.69 Å². The molecular formula is C22H25N5O. The number of amides is 1. The first-order valence-electron chi connectivity index (χ1n) is 9.77. The summed E-state index contributed by atoms with van der Waals surface area (Å²) in [6, 6.07) is 14.7. The maximum atomic E-state index is 12.6. The van der Waals surface area contributed by atoms with Gasteiger partial charge in [0.05, 0.1) is 0 Å². The Balaban J connectivity index is 1.54. The molecule has 1 aliphatic rings. The standard InChI is InChI=1S/C22H25N5O/c1-15-9-11-16(12-10-15)20(23)22(28)24-18-7-5-6-17(14-18)21-26-25-19-8-3-2-4-13-27(19)21/h5-7,9-12,14,20H,2-4,8,13,23H2,1H3,(H,24,28). The first-order valence-corrected chi connectivity index (χ1v) is 9.77. The van der Waals surface area contributed by atoms with Crippen LogP contribution < -0.4 is 11.1 Å². The number of nitrogens with two attached hydrogens (primary N) is 1. The van der Waals surface area contributed by atoms with Gasteiger partial charge in [-0.25, -0.2) is 0 Å². The number of aryl methyl sites for hydroxylation is 2. The van der Waals surface area contributed by atoms with Gasteiger partial charge in [0, 0.05) is 24.2 Å². The minimum Gasteiger partial charge on any atom is -0.324 e. The van der Waals surface area contributed by atoms with E-state index in [0.717, 1.165) is 54.1 Å². The molecule has 2 heterocycles. The van der Waals surface area contributed by atoms with Crippen molar-refractivity contribution in [3.8, 4) is 11.4 Å². The highest BCUT2D eigenvalue weighted by Gasteiger charge is 2.18. The van der Waals surface area contributed by atoms with Crippen molar-refractivity contribution in [3.05, 3.63) is 65.5 Å². The predicted molar refractivity (Wildman–Crippen MR) is 110 cm³/mol. The van der Waals surface area contributed by atoms with Crippen molar-refractivity contribution in [1.82, 2.24) is 14.8 Å². The Kier molecular flexibility index (Phi) is 5.21. The summed E-state index contributed by atoms with van der Waals surface area (Å²) in [5, 5.41) is 11.7. The fraction of sp³-hybridized carbons (Fsp3) is 0.318. The normalized spacial score (nSPS) is 14.8. The number of nitrogens with one attached hydrogen (secondary N) is 1. The highest BCUT2D eigenvalue weighted by molar-refractivity contribution is 5.95. The molecule has 4 rings (SSSR count). The molecule has 3 N–H and O–H groups in total. The van der Waals surface area contributed by atoms with Gasteiger partial charge in [-0.05, 0) is 37.5 Å². The largest absolute Gasteiger partial charge is 0.324 e. The van der Waals surface area contributed by atoms with Gasteiger partial charge < -0.3 is 15.6 Å². The second-order valence-corrected chi connectivity index (χ2v) is 7.36. The van der Waals surface area contributed by atoms with Crippen LogP contribution in [-0.4, -0.2) is 20.7 Å². The highest BCUT2D eigenvalue weighted by Crippen LogP contribution is 2.25. The molecular weight excluding hydrogens is 350 g/mol. The molecule has 6 heteroatoms. The van der Waals surface area contributed by atoms with Crippen LogP contribution in [0.2, 0.25) is 0 Å². The number of nitrogens with zero attached hydrogens (tertiary/aromatic N) is 3. The molecule has 144 valence electrons. The van der Waals surface area contributed by atoms with Crippen molar-refractivity contribution in [3.63, 3.8) is 0 Å². The number of fused-ring (bicyclic) bond motifs is 1. The van der Waals surface area contributed by atoms with Gasteiger partial charge in [0.25, 0.3) is 0 Å². The predicted octanol–water partition coefficient (Wildman–Crippen LogP) is 3.62. The summed E-state index contributed by atoms with van der Waals surface area (Å²) in [7, 11) is 0. The van der Waals surface area contributed by atoms with E-state index in [1.165, 1.54) is 6.42 Å². The lowest BCUT2D eigenvalue weighted by Gasteiger charge is -2.14. The van der Waals surface area contributed by atoms with Gasteiger partial charge in [-0.2, -0.15) is 0 Å². The van der Waals surface area contributed by atoms with Crippen LogP contribution in [0.15, 0.2) is 48.5 Å². The smallest absolute Gasteiger partial charge is 0.245 e.